The maximum absolute atomic E-state index is 13.1. The molecule has 0 saturated carbocycles. The van der Waals surface area contributed by atoms with E-state index in [0.29, 0.717) is 25.7 Å². The number of aliphatic hydroxyl groups excluding tert-OH is 1. The first-order valence-electron chi connectivity index (χ1n) is 39.5. The second-order valence-electron chi connectivity index (χ2n) is 26.3. The van der Waals surface area contributed by atoms with Crippen molar-refractivity contribution in [1.29, 1.82) is 0 Å². The largest absolute Gasteiger partial charge is 0.472 e. The molecule has 0 aliphatic rings. The molecule has 100 heavy (non-hydrogen) atoms. The van der Waals surface area contributed by atoms with Gasteiger partial charge >= 0.3 is 39.5 Å². The molecule has 5 unspecified atom stereocenters. The van der Waals surface area contributed by atoms with Crippen LogP contribution >= 0.6 is 15.6 Å². The van der Waals surface area contributed by atoms with Crippen LogP contribution in [0.25, 0.3) is 0 Å². The van der Waals surface area contributed by atoms with Gasteiger partial charge in [-0.3, -0.25) is 37.3 Å². The second kappa shape index (κ2) is 73.3. The fourth-order valence-corrected chi connectivity index (χ4v) is 12.2. The van der Waals surface area contributed by atoms with Gasteiger partial charge < -0.3 is 33.8 Å². The summed E-state index contributed by atoms with van der Waals surface area (Å²) in [6, 6.07) is 0. The summed E-state index contributed by atoms with van der Waals surface area (Å²) in [6.45, 7) is 4.64. The Bertz CT molecular complexity index is 2270. The molecule has 0 heterocycles. The molecular formula is C81H142O17P2. The molecular weight excluding hydrogens is 1310 g/mol. The van der Waals surface area contributed by atoms with Gasteiger partial charge in [0.1, 0.15) is 19.3 Å². The van der Waals surface area contributed by atoms with Gasteiger partial charge in [0, 0.05) is 25.7 Å². The van der Waals surface area contributed by atoms with Crippen molar-refractivity contribution in [2.24, 2.45) is 0 Å². The summed E-state index contributed by atoms with van der Waals surface area (Å²) >= 11 is 0. The number of unbranched alkanes of at least 4 members (excludes halogenated alkanes) is 32. The van der Waals surface area contributed by atoms with Crippen molar-refractivity contribution in [1.82, 2.24) is 0 Å². The van der Waals surface area contributed by atoms with Gasteiger partial charge in [0.15, 0.2) is 12.2 Å². The number of esters is 4. The van der Waals surface area contributed by atoms with E-state index < -0.39 is 97.5 Å². The quantitative estimate of drug-likeness (QED) is 0.0169. The van der Waals surface area contributed by atoms with Gasteiger partial charge in [-0.2, -0.15) is 0 Å². The molecule has 5 atom stereocenters. The number of hydrogen-bond acceptors (Lipinski definition) is 15. The zero-order valence-electron chi connectivity index (χ0n) is 63.1. The van der Waals surface area contributed by atoms with Gasteiger partial charge in [-0.05, 0) is 103 Å². The third-order valence-corrected chi connectivity index (χ3v) is 18.5. The zero-order valence-corrected chi connectivity index (χ0v) is 64.9. The molecule has 17 nitrogen and oxygen atoms in total. The first-order chi connectivity index (χ1) is 48.7. The van der Waals surface area contributed by atoms with Crippen LogP contribution < -0.4 is 0 Å². The number of carbonyl (C=O) groups is 4. The smallest absolute Gasteiger partial charge is 0.462 e. The zero-order chi connectivity index (χ0) is 73.2. The SMILES string of the molecule is CC/C=C\C/C=C\C/C=C\C/C=C\C/C=C\CCCCCC(=O)OCC(COP(=O)(O)OCC(O)COP(=O)(O)OCC(COC(=O)CCCCCCCCCCCCCCC)OC(=O)CCCCCCCCCCCCC)OC(=O)CCCCCCCCC/C=C\C/C=C\C/C=C\CC. The summed E-state index contributed by atoms with van der Waals surface area (Å²) in [7, 11) is -9.95. The predicted molar refractivity (Wildman–Crippen MR) is 409 cm³/mol. The summed E-state index contributed by atoms with van der Waals surface area (Å²) in [5, 5.41) is 10.6. The van der Waals surface area contributed by atoms with Crippen molar-refractivity contribution < 1.29 is 80.2 Å². The molecule has 0 spiro atoms. The number of allylic oxidation sites excluding steroid dienone is 16. The van der Waals surface area contributed by atoms with Crippen LogP contribution in [-0.2, 0) is 65.4 Å². The van der Waals surface area contributed by atoms with Crippen LogP contribution in [0.2, 0.25) is 0 Å². The van der Waals surface area contributed by atoms with E-state index in [4.69, 9.17) is 37.0 Å². The lowest BCUT2D eigenvalue weighted by atomic mass is 10.0. The first-order valence-corrected chi connectivity index (χ1v) is 42.5. The molecule has 0 saturated heterocycles. The van der Waals surface area contributed by atoms with E-state index in [0.717, 1.165) is 161 Å². The minimum absolute atomic E-state index is 0.0761. The number of ether oxygens (including phenoxy) is 4. The van der Waals surface area contributed by atoms with Crippen molar-refractivity contribution in [3.05, 3.63) is 97.2 Å². The Kier molecular flexibility index (Phi) is 70.4. The maximum Gasteiger partial charge on any atom is 0.472 e. The van der Waals surface area contributed by atoms with Gasteiger partial charge in [0.25, 0.3) is 0 Å². The highest BCUT2D eigenvalue weighted by molar-refractivity contribution is 7.47. The monoisotopic (exact) mass is 1450 g/mol. The topological polar surface area (TPSA) is 237 Å². The molecule has 0 aromatic rings. The molecule has 0 fully saturated rings. The van der Waals surface area contributed by atoms with E-state index in [1.165, 1.54) is 96.3 Å². The summed E-state index contributed by atoms with van der Waals surface area (Å²) in [4.78, 5) is 72.9. The number of aliphatic hydroxyl groups is 1. The van der Waals surface area contributed by atoms with Crippen LogP contribution in [0.5, 0.6) is 0 Å². The summed E-state index contributed by atoms with van der Waals surface area (Å²) in [5.41, 5.74) is 0. The third kappa shape index (κ3) is 72.3. The van der Waals surface area contributed by atoms with Gasteiger partial charge in [-0.15, -0.1) is 0 Å². The lowest BCUT2D eigenvalue weighted by Gasteiger charge is -2.21. The molecule has 0 aromatic heterocycles. The summed E-state index contributed by atoms with van der Waals surface area (Å²) in [6.07, 6.45) is 76.8. The van der Waals surface area contributed by atoms with E-state index in [9.17, 15) is 43.2 Å². The molecule has 19 heteroatoms. The van der Waals surface area contributed by atoms with Crippen molar-refractivity contribution in [2.45, 2.75) is 354 Å². The van der Waals surface area contributed by atoms with Crippen LogP contribution in [0.4, 0.5) is 0 Å². The Morgan fingerprint density at radius 2 is 0.520 bits per heavy atom. The maximum atomic E-state index is 13.1. The van der Waals surface area contributed by atoms with Crippen LogP contribution in [-0.4, -0.2) is 96.7 Å². The molecule has 0 bridgehead atoms. The van der Waals surface area contributed by atoms with Gasteiger partial charge in [-0.1, -0.05) is 305 Å². The molecule has 578 valence electrons. The second-order valence-corrected chi connectivity index (χ2v) is 29.2. The number of carbonyl (C=O) groups excluding carboxylic acids is 4. The van der Waals surface area contributed by atoms with Crippen molar-refractivity contribution in [3.8, 4) is 0 Å². The molecule has 0 aliphatic heterocycles. The number of rotatable bonds is 74. The fourth-order valence-electron chi connectivity index (χ4n) is 10.6. The van der Waals surface area contributed by atoms with Crippen LogP contribution in [0.15, 0.2) is 97.2 Å². The highest BCUT2D eigenvalue weighted by Gasteiger charge is 2.30. The molecule has 0 aliphatic carbocycles. The van der Waals surface area contributed by atoms with Crippen LogP contribution in [0.1, 0.15) is 336 Å². The Labute approximate surface area is 607 Å². The van der Waals surface area contributed by atoms with Crippen LogP contribution in [0, 0.1) is 0 Å². The van der Waals surface area contributed by atoms with E-state index in [1.807, 2.05) is 0 Å². The third-order valence-electron chi connectivity index (χ3n) is 16.6. The van der Waals surface area contributed by atoms with E-state index in [2.05, 4.69) is 125 Å². The molecule has 0 amide bonds. The van der Waals surface area contributed by atoms with Crippen molar-refractivity contribution in [3.63, 3.8) is 0 Å². The highest BCUT2D eigenvalue weighted by atomic mass is 31.2. The Morgan fingerprint density at radius 1 is 0.290 bits per heavy atom. The molecule has 3 N–H and O–H groups in total. The lowest BCUT2D eigenvalue weighted by Crippen LogP contribution is -2.30. The van der Waals surface area contributed by atoms with Gasteiger partial charge in [0.05, 0.1) is 26.4 Å². The first kappa shape index (κ1) is 96.0. The number of phosphoric acid groups is 2. The van der Waals surface area contributed by atoms with Crippen molar-refractivity contribution >= 4 is 39.5 Å². The summed E-state index contributed by atoms with van der Waals surface area (Å²) < 4.78 is 68.5. The van der Waals surface area contributed by atoms with Gasteiger partial charge in [0.2, 0.25) is 0 Å². The lowest BCUT2D eigenvalue weighted by molar-refractivity contribution is -0.161. The van der Waals surface area contributed by atoms with E-state index >= 15 is 0 Å². The Morgan fingerprint density at radius 3 is 0.810 bits per heavy atom. The average Bonchev–Trinajstić information content (AvgIpc) is 0.930. The number of hydrogen-bond donors (Lipinski definition) is 3. The number of phosphoric ester groups is 2. The minimum atomic E-state index is -4.98. The van der Waals surface area contributed by atoms with Gasteiger partial charge in [-0.25, -0.2) is 9.13 Å². The summed E-state index contributed by atoms with van der Waals surface area (Å²) in [5.74, 6) is -2.20. The van der Waals surface area contributed by atoms with Crippen LogP contribution in [0.3, 0.4) is 0 Å². The highest BCUT2D eigenvalue weighted by Crippen LogP contribution is 2.45. The average molecular weight is 1450 g/mol. The van der Waals surface area contributed by atoms with Crippen molar-refractivity contribution in [2.75, 3.05) is 39.6 Å². The molecule has 0 radical (unpaired) electrons. The molecule has 0 rings (SSSR count). The van der Waals surface area contributed by atoms with E-state index in [1.54, 1.807) is 0 Å². The minimum Gasteiger partial charge on any atom is -0.462 e. The molecule has 0 aromatic carbocycles. The van der Waals surface area contributed by atoms with E-state index in [-0.39, 0.29) is 25.7 Å². The predicted octanol–water partition coefficient (Wildman–Crippen LogP) is 22.8. The Hall–Kier alpha value is -4.02. The normalized spacial score (nSPS) is 14.4. The fraction of sp³-hybridized carbons (Fsp3) is 0.753. The Balaban J connectivity index is 5.35. The standard InChI is InChI=1S/C81H142O17P2/c1-5-9-13-17-21-25-29-32-34-36-37-39-40-43-47-50-54-58-62-66-79(84)92-72-77(98-81(86)68-64-60-56-52-48-44-41-38-35-33-30-26-22-18-14-10-6-2)74-96-100(89,90)94-70-75(82)69-93-99(87,88)95-73-76(97-80(85)67-63-59-55-51-45-28-24-20-16-12-8-4)71-91-78(83)65-61-57-53-49-46-42-31-27-23-19-15-11-7-3/h9-10,13-14,21-22,25-26,32-35,37,39,43,47,75-77,82H,5-8,11-12,15-20,23-24,27-31,36,38,40-42,44-46,48-74H2,1-4H3,(H,87,88)(H,89,90)/b13-9-,14-10-,25-21-,26-22-,34-32-,35-33-,39-37-,47-43-.